The molecule has 2 aliphatic heterocycles. The Kier molecular flexibility index (Phi) is 5.88. The number of carbonyl (C=O) groups is 3. The van der Waals surface area contributed by atoms with Crippen LogP contribution >= 0.6 is 0 Å². The molecule has 0 aliphatic carbocycles. The van der Waals surface area contributed by atoms with E-state index in [9.17, 15) is 18.8 Å². The number of halogens is 1. The molecule has 1 atom stereocenters. The van der Waals surface area contributed by atoms with E-state index in [4.69, 9.17) is 0 Å². The lowest BCUT2D eigenvalue weighted by Crippen LogP contribution is -2.53. The van der Waals surface area contributed by atoms with Crippen molar-refractivity contribution in [3.05, 3.63) is 59.9 Å². The van der Waals surface area contributed by atoms with E-state index < -0.39 is 5.82 Å². The second-order valence-electron chi connectivity index (χ2n) is 7.91. The molecule has 31 heavy (non-hydrogen) atoms. The van der Waals surface area contributed by atoms with Gasteiger partial charge < -0.3 is 20.0 Å². The Morgan fingerprint density at radius 2 is 1.71 bits per heavy atom. The van der Waals surface area contributed by atoms with Crippen molar-refractivity contribution in [1.29, 1.82) is 0 Å². The van der Waals surface area contributed by atoms with Crippen LogP contribution < -0.4 is 15.1 Å². The number of nitrogens with one attached hydrogen (secondary N) is 1. The number of Topliss-reactive ketones (excluding diaryl/α,β-unsaturated/α-hetero) is 1. The highest BCUT2D eigenvalue weighted by Crippen LogP contribution is 2.23. The van der Waals surface area contributed by atoms with Crippen LogP contribution in [0.2, 0.25) is 0 Å². The first-order valence-electron chi connectivity index (χ1n) is 10.4. The lowest BCUT2D eigenvalue weighted by Gasteiger charge is -2.36. The van der Waals surface area contributed by atoms with Gasteiger partial charge in [0.05, 0.1) is 6.04 Å². The lowest BCUT2D eigenvalue weighted by molar-refractivity contribution is -0.117. The maximum atomic E-state index is 13.5. The van der Waals surface area contributed by atoms with Gasteiger partial charge in [-0.1, -0.05) is 6.07 Å². The number of carbonyl (C=O) groups excluding carboxylic acids is 3. The average Bonchev–Trinajstić information content (AvgIpc) is 3.14. The number of hydrogen-bond donors (Lipinski definition) is 1. The number of nitrogens with zero attached hydrogens (tertiary/aromatic N) is 3. The summed E-state index contributed by atoms with van der Waals surface area (Å²) >= 11 is 0. The molecule has 0 saturated carbocycles. The number of anilines is 2. The number of urea groups is 1. The molecule has 0 spiro atoms. The van der Waals surface area contributed by atoms with Gasteiger partial charge in [0.1, 0.15) is 5.82 Å². The Morgan fingerprint density at radius 3 is 2.35 bits per heavy atom. The van der Waals surface area contributed by atoms with Gasteiger partial charge in [-0.3, -0.25) is 9.59 Å². The molecule has 162 valence electrons. The third kappa shape index (κ3) is 4.68. The summed E-state index contributed by atoms with van der Waals surface area (Å²) in [7, 11) is 0. The van der Waals surface area contributed by atoms with Crippen LogP contribution in [0.25, 0.3) is 0 Å². The van der Waals surface area contributed by atoms with Crippen LogP contribution in [0.3, 0.4) is 0 Å². The molecule has 3 amide bonds. The van der Waals surface area contributed by atoms with Crippen molar-refractivity contribution in [3.8, 4) is 0 Å². The quantitative estimate of drug-likeness (QED) is 0.766. The van der Waals surface area contributed by atoms with Crippen molar-refractivity contribution in [3.63, 3.8) is 0 Å². The van der Waals surface area contributed by atoms with Crippen molar-refractivity contribution in [2.75, 3.05) is 42.5 Å². The summed E-state index contributed by atoms with van der Waals surface area (Å²) < 4.78 is 13.5. The highest BCUT2D eigenvalue weighted by atomic mass is 19.1. The molecule has 2 aliphatic rings. The average molecular weight is 424 g/mol. The fourth-order valence-electron chi connectivity index (χ4n) is 4.04. The van der Waals surface area contributed by atoms with Gasteiger partial charge in [-0.2, -0.15) is 0 Å². The second kappa shape index (κ2) is 8.75. The van der Waals surface area contributed by atoms with Crippen molar-refractivity contribution >= 4 is 29.1 Å². The third-order valence-electron chi connectivity index (χ3n) is 5.78. The molecule has 0 aromatic heterocycles. The minimum Gasteiger partial charge on any atom is -0.368 e. The maximum absolute atomic E-state index is 13.5. The third-order valence-corrected chi connectivity index (χ3v) is 5.78. The monoisotopic (exact) mass is 424 g/mol. The molecule has 1 unspecified atom stereocenters. The zero-order chi connectivity index (χ0) is 22.0. The van der Waals surface area contributed by atoms with Crippen LogP contribution in [0.1, 0.15) is 23.7 Å². The molecule has 2 aromatic rings. The van der Waals surface area contributed by atoms with Gasteiger partial charge in [0.15, 0.2) is 5.78 Å². The number of amides is 3. The van der Waals surface area contributed by atoms with E-state index in [1.54, 1.807) is 24.0 Å². The number of rotatable bonds is 4. The maximum Gasteiger partial charge on any atom is 0.317 e. The summed E-state index contributed by atoms with van der Waals surface area (Å²) in [5, 5.41) is 2.94. The van der Waals surface area contributed by atoms with Crippen LogP contribution in [-0.4, -0.2) is 61.4 Å². The van der Waals surface area contributed by atoms with E-state index in [1.165, 1.54) is 17.0 Å². The normalized spacial score (nSPS) is 19.0. The predicted molar refractivity (Wildman–Crippen MR) is 116 cm³/mol. The lowest BCUT2D eigenvalue weighted by atomic mass is 10.1. The van der Waals surface area contributed by atoms with E-state index in [2.05, 4.69) is 10.2 Å². The summed E-state index contributed by atoms with van der Waals surface area (Å²) in [4.78, 5) is 41.9. The number of hydrogen-bond acceptors (Lipinski definition) is 4. The van der Waals surface area contributed by atoms with E-state index in [0.29, 0.717) is 44.0 Å². The minimum absolute atomic E-state index is 0.0365. The first-order chi connectivity index (χ1) is 14.9. The van der Waals surface area contributed by atoms with Crippen LogP contribution in [0.4, 0.5) is 20.6 Å². The van der Waals surface area contributed by atoms with E-state index >= 15 is 0 Å². The highest BCUT2D eigenvalue weighted by molar-refractivity contribution is 5.97. The molecule has 0 bridgehead atoms. The molecule has 2 heterocycles. The van der Waals surface area contributed by atoms with Crippen LogP contribution in [0, 0.1) is 5.82 Å². The minimum atomic E-state index is -0.397. The standard InChI is InChI=1S/C23H25FN4O3/c1-16(29)17-5-7-20(8-6-17)26-9-11-27(12-10-26)23(31)25-19-14-22(30)28(15-19)21-4-2-3-18(24)13-21/h2-8,13,19H,9-12,14-15H2,1H3,(H,25,31). The Balaban J connectivity index is 1.29. The van der Waals surface area contributed by atoms with Gasteiger partial charge in [-0.25, -0.2) is 9.18 Å². The Labute approximate surface area is 180 Å². The van der Waals surface area contributed by atoms with Gasteiger partial charge in [0, 0.05) is 56.1 Å². The fraction of sp³-hybridized carbons (Fsp3) is 0.348. The van der Waals surface area contributed by atoms with Crippen LogP contribution in [0.15, 0.2) is 48.5 Å². The number of benzene rings is 2. The van der Waals surface area contributed by atoms with E-state index in [1.807, 2.05) is 24.3 Å². The SMILES string of the molecule is CC(=O)c1ccc(N2CCN(C(=O)NC3CC(=O)N(c4cccc(F)c4)C3)CC2)cc1. The number of ketones is 1. The zero-order valence-electron chi connectivity index (χ0n) is 17.4. The molecule has 1 N–H and O–H groups in total. The molecule has 0 radical (unpaired) electrons. The molecule has 7 nitrogen and oxygen atoms in total. The molecular weight excluding hydrogens is 399 g/mol. The van der Waals surface area contributed by atoms with Crippen molar-refractivity contribution in [2.45, 2.75) is 19.4 Å². The summed E-state index contributed by atoms with van der Waals surface area (Å²) in [6, 6.07) is 12.9. The summed E-state index contributed by atoms with van der Waals surface area (Å²) in [6.07, 6.45) is 0.199. The van der Waals surface area contributed by atoms with Gasteiger partial charge >= 0.3 is 6.03 Å². The predicted octanol–water partition coefficient (Wildman–Crippen LogP) is 2.67. The molecule has 8 heteroatoms. The van der Waals surface area contributed by atoms with Crippen LogP contribution in [-0.2, 0) is 4.79 Å². The van der Waals surface area contributed by atoms with Crippen molar-refractivity contribution in [1.82, 2.24) is 10.2 Å². The summed E-state index contributed by atoms with van der Waals surface area (Å²) in [5.74, 6) is -0.490. The van der Waals surface area contributed by atoms with Crippen LogP contribution in [0.5, 0.6) is 0 Å². The molecule has 2 saturated heterocycles. The Bertz CT molecular complexity index is 987. The topological polar surface area (TPSA) is 73.0 Å². The van der Waals surface area contributed by atoms with Gasteiger partial charge in [0.2, 0.25) is 5.91 Å². The summed E-state index contributed by atoms with van der Waals surface area (Å²) in [5.41, 5.74) is 2.21. The van der Waals surface area contributed by atoms with E-state index in [-0.39, 0.29) is 30.2 Å². The smallest absolute Gasteiger partial charge is 0.317 e. The fourth-order valence-corrected chi connectivity index (χ4v) is 4.04. The van der Waals surface area contributed by atoms with Crippen molar-refractivity contribution in [2.24, 2.45) is 0 Å². The first kappa shape index (κ1) is 20.8. The molecule has 2 aromatic carbocycles. The van der Waals surface area contributed by atoms with Gasteiger partial charge in [-0.05, 0) is 49.4 Å². The Hall–Kier alpha value is -3.42. The first-order valence-corrected chi connectivity index (χ1v) is 10.4. The second-order valence-corrected chi connectivity index (χ2v) is 7.91. The van der Waals surface area contributed by atoms with Crippen molar-refractivity contribution < 1.29 is 18.8 Å². The molecule has 2 fully saturated rings. The number of piperazine rings is 1. The summed E-state index contributed by atoms with van der Waals surface area (Å²) in [6.45, 7) is 4.37. The Morgan fingerprint density at radius 1 is 1.00 bits per heavy atom. The van der Waals surface area contributed by atoms with E-state index in [0.717, 1.165) is 5.69 Å². The van der Waals surface area contributed by atoms with Gasteiger partial charge in [0.25, 0.3) is 0 Å². The largest absolute Gasteiger partial charge is 0.368 e. The highest BCUT2D eigenvalue weighted by Gasteiger charge is 2.33. The molecular formula is C23H25FN4O3. The molecule has 4 rings (SSSR count). The zero-order valence-corrected chi connectivity index (χ0v) is 17.4. The van der Waals surface area contributed by atoms with Gasteiger partial charge in [-0.15, -0.1) is 0 Å².